The lowest BCUT2D eigenvalue weighted by molar-refractivity contribution is -0.137. The van der Waals surface area contributed by atoms with Gasteiger partial charge in [-0.1, -0.05) is 47.7 Å². The lowest BCUT2D eigenvalue weighted by atomic mass is 9.86. The zero-order valence-electron chi connectivity index (χ0n) is 16.9. The molecular weight excluding hydrogens is 370 g/mol. The quantitative estimate of drug-likeness (QED) is 0.545. The van der Waals surface area contributed by atoms with Gasteiger partial charge in [-0.25, -0.2) is 0 Å². The van der Waals surface area contributed by atoms with E-state index in [1.54, 1.807) is 12.2 Å². The second-order valence-electron chi connectivity index (χ2n) is 7.38. The Morgan fingerprint density at radius 1 is 1.39 bits per heavy atom. The molecule has 0 aliphatic heterocycles. The van der Waals surface area contributed by atoms with E-state index in [4.69, 9.17) is 16.7 Å². The molecular formula is C24H28ClNO2. The molecule has 0 aromatic heterocycles. The van der Waals surface area contributed by atoms with E-state index < -0.39 is 5.97 Å². The first-order valence-corrected chi connectivity index (χ1v) is 9.91. The third-order valence-electron chi connectivity index (χ3n) is 5.05. The highest BCUT2D eigenvalue weighted by Gasteiger charge is 2.22. The highest BCUT2D eigenvalue weighted by Crippen LogP contribution is 2.25. The minimum absolute atomic E-state index is 0.184. The van der Waals surface area contributed by atoms with Crippen LogP contribution < -0.4 is 0 Å². The number of rotatable bonds is 6. The average molecular weight is 398 g/mol. The molecule has 4 heteroatoms. The van der Waals surface area contributed by atoms with E-state index in [1.165, 1.54) is 11.1 Å². The van der Waals surface area contributed by atoms with Crippen molar-refractivity contribution in [2.75, 3.05) is 13.6 Å². The first kappa shape index (κ1) is 22.0. The van der Waals surface area contributed by atoms with E-state index in [9.17, 15) is 4.79 Å². The Hall–Kier alpha value is -2.28. The molecule has 1 aliphatic rings. The average Bonchev–Trinajstić information content (AvgIpc) is 2.65. The van der Waals surface area contributed by atoms with Crippen LogP contribution in [0.3, 0.4) is 0 Å². The van der Waals surface area contributed by atoms with Crippen LogP contribution in [0.15, 0.2) is 53.1 Å². The van der Waals surface area contributed by atoms with E-state index in [-0.39, 0.29) is 6.42 Å². The minimum Gasteiger partial charge on any atom is -0.481 e. The third-order valence-corrected chi connectivity index (χ3v) is 5.36. The third kappa shape index (κ3) is 6.12. The summed E-state index contributed by atoms with van der Waals surface area (Å²) in [6.07, 6.45) is 6.57. The fraction of sp³-hybridized carbons (Fsp3) is 0.375. The fourth-order valence-corrected chi connectivity index (χ4v) is 3.71. The van der Waals surface area contributed by atoms with E-state index >= 15 is 0 Å². The molecule has 0 bridgehead atoms. The van der Waals surface area contributed by atoms with Crippen LogP contribution in [0.4, 0.5) is 0 Å². The number of halogens is 1. The first-order valence-electron chi connectivity index (χ1n) is 9.53. The molecule has 1 aliphatic carbocycles. The molecule has 0 spiro atoms. The van der Waals surface area contributed by atoms with E-state index in [0.717, 1.165) is 36.0 Å². The summed E-state index contributed by atoms with van der Waals surface area (Å²) >= 11 is 6.30. The maximum absolute atomic E-state index is 10.8. The summed E-state index contributed by atoms with van der Waals surface area (Å²) in [5.74, 6) is 5.69. The van der Waals surface area contributed by atoms with Crippen molar-refractivity contribution >= 4 is 17.6 Å². The number of hydrogen-bond donors (Lipinski definition) is 1. The van der Waals surface area contributed by atoms with Crippen LogP contribution in [-0.4, -0.2) is 35.6 Å². The van der Waals surface area contributed by atoms with Crippen molar-refractivity contribution in [2.24, 2.45) is 0 Å². The Labute approximate surface area is 173 Å². The molecule has 0 saturated heterocycles. The van der Waals surface area contributed by atoms with Gasteiger partial charge in [-0.2, -0.15) is 0 Å². The molecule has 1 unspecified atom stereocenters. The van der Waals surface area contributed by atoms with Gasteiger partial charge in [0.2, 0.25) is 0 Å². The highest BCUT2D eigenvalue weighted by atomic mass is 35.5. The summed E-state index contributed by atoms with van der Waals surface area (Å²) in [5.41, 5.74) is 5.55. The lowest BCUT2D eigenvalue weighted by Crippen LogP contribution is -2.37. The normalized spacial score (nSPS) is 16.0. The monoisotopic (exact) mass is 397 g/mol. The predicted molar refractivity (Wildman–Crippen MR) is 117 cm³/mol. The Kier molecular flexibility index (Phi) is 8.11. The fourth-order valence-electron chi connectivity index (χ4n) is 3.39. The Morgan fingerprint density at radius 3 is 2.79 bits per heavy atom. The van der Waals surface area contributed by atoms with Gasteiger partial charge in [-0.05, 0) is 69.5 Å². The van der Waals surface area contributed by atoms with E-state index in [1.807, 2.05) is 20.9 Å². The largest absolute Gasteiger partial charge is 0.481 e. The molecule has 0 amide bonds. The second kappa shape index (κ2) is 10.3. The molecule has 0 saturated carbocycles. The number of carbonyl (C=O) groups is 1. The van der Waals surface area contributed by atoms with Gasteiger partial charge in [-0.15, -0.1) is 0 Å². The molecule has 3 nitrogen and oxygen atoms in total. The maximum Gasteiger partial charge on any atom is 0.304 e. The SMILES string of the molecule is C=C/C=C(/Cl)C(C#Cc1ccc2c(c1)CCC(N(C)CCC(=O)O)C2)=C(C)C. The topological polar surface area (TPSA) is 40.5 Å². The Balaban J connectivity index is 2.14. The van der Waals surface area contributed by atoms with Crippen molar-refractivity contribution in [1.82, 2.24) is 4.90 Å². The van der Waals surface area contributed by atoms with Crippen LogP contribution in [0.25, 0.3) is 0 Å². The molecule has 1 aromatic rings. The van der Waals surface area contributed by atoms with Crippen molar-refractivity contribution in [1.29, 1.82) is 0 Å². The van der Waals surface area contributed by atoms with Gasteiger partial charge >= 0.3 is 5.97 Å². The van der Waals surface area contributed by atoms with Gasteiger partial charge < -0.3 is 10.0 Å². The number of hydrogen-bond acceptors (Lipinski definition) is 2. The highest BCUT2D eigenvalue weighted by molar-refractivity contribution is 6.32. The summed E-state index contributed by atoms with van der Waals surface area (Å²) in [6.45, 7) is 8.26. The molecule has 148 valence electrons. The maximum atomic E-state index is 10.8. The van der Waals surface area contributed by atoms with Crippen molar-refractivity contribution in [3.05, 3.63) is 69.8 Å². The van der Waals surface area contributed by atoms with Gasteiger partial charge in [0.1, 0.15) is 0 Å². The molecule has 1 atom stereocenters. The standard InChI is InChI=1S/C24H28ClNO2/c1-5-6-23(25)22(17(2)3)12-8-18-7-9-20-16-21(11-10-19(20)15-18)26(4)14-13-24(27)28/h5-7,9,15,21H,1,10-11,13-14,16H2,2-4H3,(H,27,28)/b23-6+. The van der Waals surface area contributed by atoms with Gasteiger partial charge in [0.05, 0.1) is 11.5 Å². The van der Waals surface area contributed by atoms with E-state index in [0.29, 0.717) is 17.6 Å². The smallest absolute Gasteiger partial charge is 0.304 e. The molecule has 2 rings (SSSR count). The summed E-state index contributed by atoms with van der Waals surface area (Å²) in [5, 5.41) is 9.48. The zero-order valence-corrected chi connectivity index (χ0v) is 17.6. The number of likely N-dealkylation sites (N-methyl/N-ethyl adjacent to an activating group) is 1. The number of benzene rings is 1. The Bertz CT molecular complexity index is 866. The van der Waals surface area contributed by atoms with Crippen LogP contribution in [0.2, 0.25) is 0 Å². The molecule has 0 fully saturated rings. The van der Waals surface area contributed by atoms with Gasteiger partial charge in [-0.3, -0.25) is 4.79 Å². The predicted octanol–water partition coefficient (Wildman–Crippen LogP) is 4.95. The summed E-state index contributed by atoms with van der Waals surface area (Å²) in [7, 11) is 2.01. The molecule has 0 heterocycles. The molecule has 0 radical (unpaired) electrons. The first-order chi connectivity index (χ1) is 13.3. The minimum atomic E-state index is -0.745. The number of nitrogens with zero attached hydrogens (tertiary/aromatic N) is 1. The number of fused-ring (bicyclic) bond motifs is 1. The second-order valence-corrected chi connectivity index (χ2v) is 7.79. The summed E-state index contributed by atoms with van der Waals surface area (Å²) in [6, 6.07) is 6.77. The van der Waals surface area contributed by atoms with Crippen molar-refractivity contribution in [3.63, 3.8) is 0 Å². The molecule has 1 aromatic carbocycles. The molecule has 28 heavy (non-hydrogen) atoms. The van der Waals surface area contributed by atoms with Gasteiger partial charge in [0.15, 0.2) is 0 Å². The molecule has 1 N–H and O–H groups in total. The summed E-state index contributed by atoms with van der Waals surface area (Å²) < 4.78 is 0. The number of aliphatic carboxylic acids is 1. The van der Waals surface area contributed by atoms with Crippen molar-refractivity contribution in [2.45, 2.75) is 45.6 Å². The number of carboxylic acids is 1. The number of carboxylic acid groups (broad SMARTS) is 1. The van der Waals surface area contributed by atoms with Crippen LogP contribution in [0.5, 0.6) is 0 Å². The van der Waals surface area contributed by atoms with Gasteiger partial charge in [0.25, 0.3) is 0 Å². The van der Waals surface area contributed by atoms with Crippen LogP contribution in [-0.2, 0) is 17.6 Å². The van der Waals surface area contributed by atoms with Crippen LogP contribution >= 0.6 is 11.6 Å². The van der Waals surface area contributed by atoms with Crippen LogP contribution in [0, 0.1) is 11.8 Å². The Morgan fingerprint density at radius 2 is 2.14 bits per heavy atom. The van der Waals surface area contributed by atoms with Gasteiger partial charge in [0, 0.05) is 23.7 Å². The lowest BCUT2D eigenvalue weighted by Gasteiger charge is -2.32. The summed E-state index contributed by atoms with van der Waals surface area (Å²) in [4.78, 5) is 13.0. The van der Waals surface area contributed by atoms with Crippen molar-refractivity contribution in [3.8, 4) is 11.8 Å². The van der Waals surface area contributed by atoms with Crippen LogP contribution in [0.1, 0.15) is 43.4 Å². The zero-order chi connectivity index (χ0) is 20.7. The van der Waals surface area contributed by atoms with E-state index in [2.05, 4.69) is 41.5 Å². The number of allylic oxidation sites excluding steroid dienone is 5. The van der Waals surface area contributed by atoms with Crippen molar-refractivity contribution < 1.29 is 9.90 Å². The number of aryl methyl sites for hydroxylation is 1.